The molecule has 0 atom stereocenters. The topological polar surface area (TPSA) is 66.4 Å². The average molecular weight is 275 g/mol. The molecule has 0 aliphatic rings. The van der Waals surface area contributed by atoms with Gasteiger partial charge in [-0.3, -0.25) is 9.59 Å². The van der Waals surface area contributed by atoms with Crippen LogP contribution in [0.25, 0.3) is 6.08 Å². The van der Waals surface area contributed by atoms with Crippen LogP contribution in [-0.2, 0) is 9.59 Å². The molecule has 0 saturated carbocycles. The summed E-state index contributed by atoms with van der Waals surface area (Å²) in [5.74, 6) is -0.569. The normalized spacial score (nSPS) is 10.9. The SMILES string of the molecule is CC(C)c1ccc(/C=C/CC(=O)NCCC(=O)O)cc1. The van der Waals surface area contributed by atoms with E-state index < -0.39 is 5.97 Å². The average Bonchev–Trinajstić information content (AvgIpc) is 2.39. The molecule has 0 heterocycles. The molecular formula is C16H21NO3. The number of benzene rings is 1. The second-order valence-corrected chi connectivity index (χ2v) is 4.92. The molecule has 0 spiro atoms. The Balaban J connectivity index is 2.36. The van der Waals surface area contributed by atoms with Gasteiger partial charge in [0, 0.05) is 13.0 Å². The van der Waals surface area contributed by atoms with Crippen molar-refractivity contribution in [3.05, 3.63) is 41.5 Å². The highest BCUT2D eigenvalue weighted by Gasteiger charge is 2.00. The zero-order chi connectivity index (χ0) is 15.0. The zero-order valence-corrected chi connectivity index (χ0v) is 11.9. The first-order chi connectivity index (χ1) is 9.49. The van der Waals surface area contributed by atoms with Crippen LogP contribution in [0.2, 0.25) is 0 Å². The van der Waals surface area contributed by atoms with Gasteiger partial charge in [-0.1, -0.05) is 50.3 Å². The first kappa shape index (κ1) is 16.0. The van der Waals surface area contributed by atoms with E-state index in [1.807, 2.05) is 18.2 Å². The van der Waals surface area contributed by atoms with E-state index in [0.717, 1.165) is 5.56 Å². The van der Waals surface area contributed by atoms with E-state index in [0.29, 0.717) is 5.92 Å². The number of hydrogen-bond donors (Lipinski definition) is 2. The minimum absolute atomic E-state index is 0.0495. The molecule has 0 unspecified atom stereocenters. The molecule has 1 amide bonds. The van der Waals surface area contributed by atoms with Gasteiger partial charge in [0.05, 0.1) is 6.42 Å². The van der Waals surface area contributed by atoms with Gasteiger partial charge in [0.15, 0.2) is 0 Å². The van der Waals surface area contributed by atoms with Crippen LogP contribution in [-0.4, -0.2) is 23.5 Å². The summed E-state index contributed by atoms with van der Waals surface area (Å²) in [5.41, 5.74) is 2.33. The first-order valence-electron chi connectivity index (χ1n) is 6.74. The maximum absolute atomic E-state index is 11.4. The van der Waals surface area contributed by atoms with Gasteiger partial charge in [0.2, 0.25) is 5.91 Å². The zero-order valence-electron chi connectivity index (χ0n) is 11.9. The molecule has 0 bridgehead atoms. The Hall–Kier alpha value is -2.10. The van der Waals surface area contributed by atoms with Crippen molar-refractivity contribution < 1.29 is 14.7 Å². The van der Waals surface area contributed by atoms with Gasteiger partial charge >= 0.3 is 5.97 Å². The van der Waals surface area contributed by atoms with E-state index in [9.17, 15) is 9.59 Å². The van der Waals surface area contributed by atoms with Gasteiger partial charge in [-0.25, -0.2) is 0 Å². The smallest absolute Gasteiger partial charge is 0.305 e. The molecule has 2 N–H and O–H groups in total. The van der Waals surface area contributed by atoms with Crippen molar-refractivity contribution in [2.24, 2.45) is 0 Å². The molecule has 108 valence electrons. The Labute approximate surface area is 119 Å². The number of carbonyl (C=O) groups excluding carboxylic acids is 1. The van der Waals surface area contributed by atoms with Crippen LogP contribution in [0.4, 0.5) is 0 Å². The highest BCUT2D eigenvalue weighted by molar-refractivity contribution is 5.79. The second kappa shape index (κ2) is 8.15. The summed E-state index contributed by atoms with van der Waals surface area (Å²) in [7, 11) is 0. The van der Waals surface area contributed by atoms with Crippen LogP contribution >= 0.6 is 0 Å². The molecule has 4 heteroatoms. The highest BCUT2D eigenvalue weighted by Crippen LogP contribution is 2.15. The number of rotatable bonds is 7. The van der Waals surface area contributed by atoms with Crippen LogP contribution in [0, 0.1) is 0 Å². The maximum Gasteiger partial charge on any atom is 0.305 e. The van der Waals surface area contributed by atoms with Crippen molar-refractivity contribution in [3.8, 4) is 0 Å². The van der Waals surface area contributed by atoms with E-state index in [4.69, 9.17) is 5.11 Å². The standard InChI is InChI=1S/C16H21NO3/c1-12(2)14-8-6-13(7-9-14)4-3-5-15(18)17-11-10-16(19)20/h3-4,6-9,12H,5,10-11H2,1-2H3,(H,17,18)(H,19,20)/b4-3+. The van der Waals surface area contributed by atoms with Gasteiger partial charge in [-0.15, -0.1) is 0 Å². The Kier molecular flexibility index (Phi) is 6.50. The fraction of sp³-hybridized carbons (Fsp3) is 0.375. The number of carboxylic acids is 1. The van der Waals surface area contributed by atoms with E-state index in [1.165, 1.54) is 5.56 Å². The molecule has 20 heavy (non-hydrogen) atoms. The Morgan fingerprint density at radius 3 is 2.45 bits per heavy atom. The molecule has 1 aromatic rings. The molecule has 4 nitrogen and oxygen atoms in total. The molecule has 0 saturated heterocycles. The summed E-state index contributed by atoms with van der Waals surface area (Å²) >= 11 is 0. The third-order valence-corrected chi connectivity index (χ3v) is 2.88. The largest absolute Gasteiger partial charge is 0.481 e. The summed E-state index contributed by atoms with van der Waals surface area (Å²) in [6, 6.07) is 8.21. The lowest BCUT2D eigenvalue weighted by molar-refractivity contribution is -0.136. The second-order valence-electron chi connectivity index (χ2n) is 4.92. The molecule has 1 rings (SSSR count). The predicted octanol–water partition coefficient (Wildman–Crippen LogP) is 2.80. The lowest BCUT2D eigenvalue weighted by atomic mass is 10.0. The fourth-order valence-corrected chi connectivity index (χ4v) is 1.68. The number of aliphatic carboxylic acids is 1. The molecule has 0 aliphatic heterocycles. The van der Waals surface area contributed by atoms with Crippen LogP contribution < -0.4 is 5.32 Å². The number of carboxylic acid groups (broad SMARTS) is 1. The van der Waals surface area contributed by atoms with E-state index in [-0.39, 0.29) is 25.3 Å². The van der Waals surface area contributed by atoms with Gasteiger partial charge in [-0.05, 0) is 17.0 Å². The Morgan fingerprint density at radius 1 is 1.25 bits per heavy atom. The van der Waals surface area contributed by atoms with Crippen LogP contribution in [0.15, 0.2) is 30.3 Å². The van der Waals surface area contributed by atoms with E-state index in [1.54, 1.807) is 6.08 Å². The molecule has 0 fully saturated rings. The van der Waals surface area contributed by atoms with Crippen LogP contribution in [0.5, 0.6) is 0 Å². The van der Waals surface area contributed by atoms with Crippen LogP contribution in [0.3, 0.4) is 0 Å². The number of nitrogens with one attached hydrogen (secondary N) is 1. The lowest BCUT2D eigenvalue weighted by Gasteiger charge is -2.04. The van der Waals surface area contributed by atoms with Crippen molar-refractivity contribution in [1.29, 1.82) is 0 Å². The third-order valence-electron chi connectivity index (χ3n) is 2.88. The summed E-state index contributed by atoms with van der Waals surface area (Å²) in [5, 5.41) is 11.0. The molecule has 1 aromatic carbocycles. The molecule has 0 aromatic heterocycles. The minimum atomic E-state index is -0.911. The van der Waals surface area contributed by atoms with Crippen molar-refractivity contribution >= 4 is 18.0 Å². The van der Waals surface area contributed by atoms with Crippen molar-refractivity contribution in [2.45, 2.75) is 32.6 Å². The van der Waals surface area contributed by atoms with Gasteiger partial charge in [-0.2, -0.15) is 0 Å². The molecule has 0 radical (unpaired) electrons. The number of carbonyl (C=O) groups is 2. The number of hydrogen-bond acceptors (Lipinski definition) is 2. The Bertz CT molecular complexity index is 475. The van der Waals surface area contributed by atoms with Crippen molar-refractivity contribution in [2.75, 3.05) is 6.54 Å². The summed E-state index contributed by atoms with van der Waals surface area (Å²) in [4.78, 5) is 21.7. The van der Waals surface area contributed by atoms with Gasteiger partial charge < -0.3 is 10.4 Å². The highest BCUT2D eigenvalue weighted by atomic mass is 16.4. The summed E-state index contributed by atoms with van der Waals surface area (Å²) < 4.78 is 0. The quantitative estimate of drug-likeness (QED) is 0.804. The molecule has 0 aliphatic carbocycles. The van der Waals surface area contributed by atoms with Crippen LogP contribution in [0.1, 0.15) is 43.7 Å². The fourth-order valence-electron chi connectivity index (χ4n) is 1.68. The van der Waals surface area contributed by atoms with E-state index in [2.05, 4.69) is 31.3 Å². The summed E-state index contributed by atoms with van der Waals surface area (Å²) in [6.07, 6.45) is 3.87. The van der Waals surface area contributed by atoms with Gasteiger partial charge in [0.25, 0.3) is 0 Å². The van der Waals surface area contributed by atoms with Crippen molar-refractivity contribution in [1.82, 2.24) is 5.32 Å². The summed E-state index contributed by atoms with van der Waals surface area (Å²) in [6.45, 7) is 4.46. The minimum Gasteiger partial charge on any atom is -0.481 e. The third kappa shape index (κ3) is 6.18. The predicted molar refractivity (Wildman–Crippen MR) is 79.4 cm³/mol. The first-order valence-corrected chi connectivity index (χ1v) is 6.74. The monoisotopic (exact) mass is 275 g/mol. The Morgan fingerprint density at radius 2 is 1.90 bits per heavy atom. The molecular weight excluding hydrogens is 254 g/mol. The van der Waals surface area contributed by atoms with Gasteiger partial charge in [0.1, 0.15) is 0 Å². The number of amides is 1. The maximum atomic E-state index is 11.4. The lowest BCUT2D eigenvalue weighted by Crippen LogP contribution is -2.25. The van der Waals surface area contributed by atoms with Crippen molar-refractivity contribution in [3.63, 3.8) is 0 Å². The van der Waals surface area contributed by atoms with E-state index >= 15 is 0 Å².